The van der Waals surface area contributed by atoms with E-state index >= 15 is 0 Å². The fourth-order valence-electron chi connectivity index (χ4n) is 2.87. The van der Waals surface area contributed by atoms with Gasteiger partial charge in [0.25, 0.3) is 5.91 Å². The molecule has 1 aromatic heterocycles. The second-order valence-corrected chi connectivity index (χ2v) is 8.35. The molecule has 0 aliphatic rings. The molecule has 0 fully saturated rings. The topological polar surface area (TPSA) is 51.2 Å². The number of rotatable bonds is 6. The Kier molecular flexibility index (Phi) is 6.00. The van der Waals surface area contributed by atoms with Crippen molar-refractivity contribution in [3.63, 3.8) is 0 Å². The highest BCUT2D eigenvalue weighted by Gasteiger charge is 2.10. The van der Waals surface area contributed by atoms with Gasteiger partial charge in [-0.1, -0.05) is 53.5 Å². The van der Waals surface area contributed by atoms with E-state index < -0.39 is 0 Å². The number of thiazole rings is 1. The molecule has 7 heteroatoms. The van der Waals surface area contributed by atoms with Crippen molar-refractivity contribution in [3.8, 4) is 5.75 Å². The summed E-state index contributed by atoms with van der Waals surface area (Å²) >= 11 is 13.6. The maximum absolute atomic E-state index is 12.2. The molecule has 0 saturated heterocycles. The molecule has 4 aromatic rings. The van der Waals surface area contributed by atoms with Gasteiger partial charge in [-0.2, -0.15) is 0 Å². The minimum atomic E-state index is -0.264. The van der Waals surface area contributed by atoms with Crippen LogP contribution in [-0.4, -0.2) is 17.5 Å². The van der Waals surface area contributed by atoms with Crippen LogP contribution in [0.4, 0.5) is 5.13 Å². The van der Waals surface area contributed by atoms with Crippen molar-refractivity contribution >= 4 is 56.3 Å². The van der Waals surface area contributed by atoms with E-state index in [2.05, 4.69) is 10.3 Å². The monoisotopic (exact) mass is 442 g/mol. The highest BCUT2D eigenvalue weighted by Crippen LogP contribution is 2.27. The molecule has 1 N–H and O–H groups in total. The highest BCUT2D eigenvalue weighted by atomic mass is 35.5. The van der Waals surface area contributed by atoms with Gasteiger partial charge in [-0.3, -0.25) is 10.1 Å². The quantitative estimate of drug-likeness (QED) is 0.385. The van der Waals surface area contributed by atoms with E-state index in [0.717, 1.165) is 21.2 Å². The van der Waals surface area contributed by atoms with Gasteiger partial charge in [-0.15, -0.1) is 11.3 Å². The third kappa shape index (κ3) is 5.07. The van der Waals surface area contributed by atoms with Crippen molar-refractivity contribution in [1.29, 1.82) is 0 Å². The van der Waals surface area contributed by atoms with Gasteiger partial charge < -0.3 is 4.74 Å². The molecule has 0 aliphatic heterocycles. The van der Waals surface area contributed by atoms with E-state index in [9.17, 15) is 4.79 Å². The average Bonchev–Trinajstić information content (AvgIpc) is 3.15. The number of halogens is 2. The van der Waals surface area contributed by atoms with Crippen molar-refractivity contribution < 1.29 is 9.53 Å². The van der Waals surface area contributed by atoms with Crippen LogP contribution in [0.2, 0.25) is 10.0 Å². The van der Waals surface area contributed by atoms with Crippen LogP contribution in [0.15, 0.2) is 66.9 Å². The molecule has 1 heterocycles. The number of hydrogen-bond acceptors (Lipinski definition) is 4. The molecule has 0 bridgehead atoms. The van der Waals surface area contributed by atoms with Crippen LogP contribution >= 0.6 is 34.5 Å². The molecule has 3 aromatic carbocycles. The SMILES string of the molecule is O=C(COc1ccc2ccccc2c1)Nc1ncc(Cc2cc(Cl)ccc2Cl)s1. The van der Waals surface area contributed by atoms with Crippen LogP contribution in [0.5, 0.6) is 5.75 Å². The highest BCUT2D eigenvalue weighted by molar-refractivity contribution is 7.15. The lowest BCUT2D eigenvalue weighted by molar-refractivity contribution is -0.118. The Bertz CT molecular complexity index is 1180. The number of ether oxygens (including phenoxy) is 1. The van der Waals surface area contributed by atoms with E-state index in [-0.39, 0.29) is 12.5 Å². The molecule has 29 heavy (non-hydrogen) atoms. The van der Waals surface area contributed by atoms with Gasteiger partial charge >= 0.3 is 0 Å². The van der Waals surface area contributed by atoms with E-state index in [0.29, 0.717) is 27.3 Å². The first kappa shape index (κ1) is 19.7. The Hall–Kier alpha value is -2.60. The van der Waals surface area contributed by atoms with Crippen LogP contribution in [0.3, 0.4) is 0 Å². The van der Waals surface area contributed by atoms with Gasteiger partial charge in [-0.25, -0.2) is 4.98 Å². The molecule has 0 unspecified atom stereocenters. The van der Waals surface area contributed by atoms with Crippen LogP contribution in [0, 0.1) is 0 Å². The summed E-state index contributed by atoms with van der Waals surface area (Å²) in [5.74, 6) is 0.383. The first-order chi connectivity index (χ1) is 14.1. The summed E-state index contributed by atoms with van der Waals surface area (Å²) < 4.78 is 5.61. The molecule has 4 rings (SSSR count). The summed E-state index contributed by atoms with van der Waals surface area (Å²) in [6, 6.07) is 19.1. The van der Waals surface area contributed by atoms with E-state index in [1.165, 1.54) is 11.3 Å². The van der Waals surface area contributed by atoms with Crippen LogP contribution in [-0.2, 0) is 11.2 Å². The van der Waals surface area contributed by atoms with Crippen molar-refractivity contribution in [3.05, 3.63) is 87.3 Å². The fraction of sp³-hybridized carbons (Fsp3) is 0.0909. The molecule has 4 nitrogen and oxygen atoms in total. The van der Waals surface area contributed by atoms with Gasteiger partial charge in [0.1, 0.15) is 5.75 Å². The fourth-order valence-corrected chi connectivity index (χ4v) is 4.11. The predicted octanol–water partition coefficient (Wildman–Crippen LogP) is 6.21. The maximum Gasteiger partial charge on any atom is 0.264 e. The van der Waals surface area contributed by atoms with E-state index in [1.54, 1.807) is 18.3 Å². The number of carbonyl (C=O) groups excluding carboxylic acids is 1. The number of amides is 1. The zero-order valence-electron chi connectivity index (χ0n) is 15.2. The lowest BCUT2D eigenvalue weighted by atomic mass is 10.1. The van der Waals surface area contributed by atoms with E-state index in [4.69, 9.17) is 27.9 Å². The average molecular weight is 443 g/mol. The summed E-state index contributed by atoms with van der Waals surface area (Å²) in [5, 5.41) is 6.76. The number of carbonyl (C=O) groups is 1. The maximum atomic E-state index is 12.2. The molecule has 0 saturated carbocycles. The van der Waals surface area contributed by atoms with Crippen molar-refractivity contribution in [1.82, 2.24) is 4.98 Å². The van der Waals surface area contributed by atoms with Crippen molar-refractivity contribution in [2.75, 3.05) is 11.9 Å². The molecular formula is C22H16Cl2N2O2S. The first-order valence-electron chi connectivity index (χ1n) is 8.87. The zero-order valence-corrected chi connectivity index (χ0v) is 17.5. The number of aromatic nitrogens is 1. The Morgan fingerprint density at radius 2 is 1.86 bits per heavy atom. The smallest absolute Gasteiger partial charge is 0.264 e. The summed E-state index contributed by atoms with van der Waals surface area (Å²) in [6.45, 7) is -0.0899. The van der Waals surface area contributed by atoms with Gasteiger partial charge in [-0.05, 0) is 46.7 Å². The van der Waals surface area contributed by atoms with Gasteiger partial charge in [0.2, 0.25) is 0 Å². The molecule has 146 valence electrons. The van der Waals surface area contributed by atoms with Gasteiger partial charge in [0.15, 0.2) is 11.7 Å². The Balaban J connectivity index is 1.34. The Labute approximate surface area is 182 Å². The largest absolute Gasteiger partial charge is 0.484 e. The minimum Gasteiger partial charge on any atom is -0.484 e. The van der Waals surface area contributed by atoms with E-state index in [1.807, 2.05) is 48.5 Å². The number of nitrogens with one attached hydrogen (secondary N) is 1. The number of fused-ring (bicyclic) bond motifs is 1. The number of anilines is 1. The van der Waals surface area contributed by atoms with Gasteiger partial charge in [0.05, 0.1) is 0 Å². The summed E-state index contributed by atoms with van der Waals surface area (Å²) in [5.41, 5.74) is 0.917. The normalized spacial score (nSPS) is 10.8. The first-order valence-corrected chi connectivity index (χ1v) is 10.4. The van der Waals surface area contributed by atoms with Crippen LogP contribution in [0.1, 0.15) is 10.4 Å². The molecule has 0 atom stereocenters. The second kappa shape index (κ2) is 8.82. The third-order valence-electron chi connectivity index (χ3n) is 4.26. The molecular weight excluding hydrogens is 427 g/mol. The third-order valence-corrected chi connectivity index (χ3v) is 5.78. The number of benzene rings is 3. The standard InChI is InChI=1S/C22H16Cl2N2O2S/c23-17-6-8-20(24)16(9-17)11-19-12-25-22(29-19)26-21(27)13-28-18-7-5-14-3-1-2-4-15(14)10-18/h1-10,12H,11,13H2,(H,25,26,27). The van der Waals surface area contributed by atoms with Crippen molar-refractivity contribution in [2.45, 2.75) is 6.42 Å². The van der Waals surface area contributed by atoms with Crippen LogP contribution in [0.25, 0.3) is 10.8 Å². The summed E-state index contributed by atoms with van der Waals surface area (Å²) in [4.78, 5) is 17.4. The second-order valence-electron chi connectivity index (χ2n) is 6.39. The Morgan fingerprint density at radius 3 is 2.72 bits per heavy atom. The zero-order chi connectivity index (χ0) is 20.2. The Morgan fingerprint density at radius 1 is 1.03 bits per heavy atom. The lowest BCUT2D eigenvalue weighted by Gasteiger charge is -2.07. The molecule has 0 spiro atoms. The van der Waals surface area contributed by atoms with Crippen molar-refractivity contribution in [2.24, 2.45) is 0 Å². The minimum absolute atomic E-state index is 0.0899. The summed E-state index contributed by atoms with van der Waals surface area (Å²) in [7, 11) is 0. The van der Waals surface area contributed by atoms with Crippen LogP contribution < -0.4 is 10.1 Å². The molecule has 1 amide bonds. The lowest BCUT2D eigenvalue weighted by Crippen LogP contribution is -2.19. The number of nitrogens with zero attached hydrogens (tertiary/aromatic N) is 1. The summed E-state index contributed by atoms with van der Waals surface area (Å²) in [6.07, 6.45) is 2.32. The number of hydrogen-bond donors (Lipinski definition) is 1. The molecule has 0 radical (unpaired) electrons. The molecule has 0 aliphatic carbocycles. The predicted molar refractivity (Wildman–Crippen MR) is 119 cm³/mol. The van der Waals surface area contributed by atoms with Gasteiger partial charge in [0, 0.05) is 27.5 Å².